The number of hydrogen-bond donors (Lipinski definition) is 1. The van der Waals surface area contributed by atoms with Crippen LogP contribution < -0.4 is 5.73 Å². The van der Waals surface area contributed by atoms with E-state index >= 15 is 0 Å². The molecule has 0 aromatic rings. The molecule has 4 aliphatic rings. The number of piperidine rings is 2. The van der Waals surface area contributed by atoms with Gasteiger partial charge in [-0.1, -0.05) is 0 Å². The van der Waals surface area contributed by atoms with Gasteiger partial charge in [0.1, 0.15) is 0 Å². The Morgan fingerprint density at radius 3 is 2.36 bits per heavy atom. The molecule has 0 aromatic carbocycles. The van der Waals surface area contributed by atoms with Crippen LogP contribution in [0, 0.1) is 17.3 Å². The summed E-state index contributed by atoms with van der Waals surface area (Å²) in [4.78, 5) is 2.62. The average molecular weight is 152 g/mol. The van der Waals surface area contributed by atoms with Gasteiger partial charge in [-0.25, -0.2) is 0 Å². The molecule has 2 unspecified atom stereocenters. The molecule has 4 rings (SSSR count). The topological polar surface area (TPSA) is 29.3 Å². The molecular formula is C9H16N2. The molecule has 2 nitrogen and oxygen atoms in total. The van der Waals surface area contributed by atoms with Crippen molar-refractivity contribution in [2.24, 2.45) is 23.0 Å². The highest BCUT2D eigenvalue weighted by Crippen LogP contribution is 2.53. The third-order valence-electron chi connectivity index (χ3n) is 4.03. The predicted octanol–water partition coefficient (Wildman–Crippen LogP) is 0.287. The molecule has 4 bridgehead atoms. The second kappa shape index (κ2) is 1.80. The van der Waals surface area contributed by atoms with Crippen LogP contribution >= 0.6 is 0 Å². The van der Waals surface area contributed by atoms with Gasteiger partial charge in [0.2, 0.25) is 0 Å². The molecule has 62 valence electrons. The summed E-state index contributed by atoms with van der Waals surface area (Å²) in [5.41, 5.74) is 6.39. The summed E-state index contributed by atoms with van der Waals surface area (Å²) in [7, 11) is 0. The van der Waals surface area contributed by atoms with Crippen molar-refractivity contribution < 1.29 is 0 Å². The highest BCUT2D eigenvalue weighted by atomic mass is 15.2. The van der Waals surface area contributed by atoms with Crippen molar-refractivity contribution in [3.8, 4) is 0 Å². The number of rotatable bonds is 1. The molecule has 1 saturated carbocycles. The van der Waals surface area contributed by atoms with Crippen LogP contribution in [0.5, 0.6) is 0 Å². The van der Waals surface area contributed by atoms with Crippen LogP contribution in [0.1, 0.15) is 12.8 Å². The molecule has 0 radical (unpaired) electrons. The first-order chi connectivity index (χ1) is 5.31. The molecule has 0 amide bonds. The molecule has 3 heterocycles. The molecular weight excluding hydrogens is 136 g/mol. The van der Waals surface area contributed by atoms with E-state index in [9.17, 15) is 0 Å². The Morgan fingerprint density at radius 1 is 1.27 bits per heavy atom. The fraction of sp³-hybridized carbons (Fsp3) is 1.00. The lowest BCUT2D eigenvalue weighted by Crippen LogP contribution is -2.46. The van der Waals surface area contributed by atoms with E-state index < -0.39 is 0 Å². The van der Waals surface area contributed by atoms with E-state index in [0.717, 1.165) is 18.4 Å². The summed E-state index contributed by atoms with van der Waals surface area (Å²) in [6.45, 7) is 4.99. The largest absolute Gasteiger partial charge is 0.330 e. The quantitative estimate of drug-likeness (QED) is 0.585. The smallest absolute Gasteiger partial charge is 0.00505 e. The minimum atomic E-state index is 0.561. The Kier molecular flexibility index (Phi) is 1.06. The van der Waals surface area contributed by atoms with Crippen molar-refractivity contribution in [3.63, 3.8) is 0 Å². The van der Waals surface area contributed by atoms with Gasteiger partial charge in [0.25, 0.3) is 0 Å². The normalized spacial score (nSPS) is 59.2. The van der Waals surface area contributed by atoms with Gasteiger partial charge in [-0.15, -0.1) is 0 Å². The van der Waals surface area contributed by atoms with Crippen molar-refractivity contribution in [2.75, 3.05) is 26.2 Å². The third-order valence-corrected chi connectivity index (χ3v) is 4.03. The highest BCUT2D eigenvalue weighted by molar-refractivity contribution is 5.06. The van der Waals surface area contributed by atoms with E-state index in [1.54, 1.807) is 0 Å². The summed E-state index contributed by atoms with van der Waals surface area (Å²) in [6.07, 6.45) is 2.87. The Labute approximate surface area is 67.7 Å². The molecule has 3 saturated heterocycles. The summed E-state index contributed by atoms with van der Waals surface area (Å²) >= 11 is 0. The monoisotopic (exact) mass is 152 g/mol. The molecule has 4 atom stereocenters. The Morgan fingerprint density at radius 2 is 1.91 bits per heavy atom. The van der Waals surface area contributed by atoms with E-state index in [2.05, 4.69) is 4.90 Å². The first-order valence-corrected chi connectivity index (χ1v) is 4.74. The fourth-order valence-corrected chi connectivity index (χ4v) is 3.66. The molecule has 11 heavy (non-hydrogen) atoms. The summed E-state index contributed by atoms with van der Waals surface area (Å²) in [5, 5.41) is 0. The SMILES string of the molecule is NCC12C[C@H]3CN(C[C@H]3C1)C2. The van der Waals surface area contributed by atoms with Gasteiger partial charge >= 0.3 is 0 Å². The summed E-state index contributed by atoms with van der Waals surface area (Å²) in [5.74, 6) is 2.04. The first-order valence-electron chi connectivity index (χ1n) is 4.74. The van der Waals surface area contributed by atoms with E-state index in [0.29, 0.717) is 5.41 Å². The highest BCUT2D eigenvalue weighted by Gasteiger charge is 2.54. The van der Waals surface area contributed by atoms with E-state index in [1.165, 1.54) is 32.5 Å². The van der Waals surface area contributed by atoms with Crippen LogP contribution in [0.15, 0.2) is 0 Å². The van der Waals surface area contributed by atoms with Gasteiger partial charge in [0.05, 0.1) is 0 Å². The van der Waals surface area contributed by atoms with Gasteiger partial charge in [-0.05, 0) is 36.6 Å². The van der Waals surface area contributed by atoms with Gasteiger partial charge in [0.15, 0.2) is 0 Å². The van der Waals surface area contributed by atoms with Crippen molar-refractivity contribution in [1.29, 1.82) is 0 Å². The predicted molar refractivity (Wildman–Crippen MR) is 44.1 cm³/mol. The minimum Gasteiger partial charge on any atom is -0.330 e. The zero-order chi connectivity index (χ0) is 7.47. The molecule has 2 N–H and O–H groups in total. The Bertz CT molecular complexity index is 170. The first kappa shape index (κ1) is 6.44. The van der Waals surface area contributed by atoms with Crippen LogP contribution in [0.2, 0.25) is 0 Å². The minimum absolute atomic E-state index is 0.561. The molecule has 1 aliphatic carbocycles. The van der Waals surface area contributed by atoms with E-state index in [4.69, 9.17) is 5.73 Å². The fourth-order valence-electron chi connectivity index (χ4n) is 3.66. The second-order valence-corrected chi connectivity index (χ2v) is 4.83. The number of nitrogens with two attached hydrogens (primary N) is 1. The number of nitrogens with zero attached hydrogens (tertiary/aromatic N) is 1. The maximum atomic E-state index is 5.83. The van der Waals surface area contributed by atoms with Gasteiger partial charge in [0, 0.05) is 19.6 Å². The summed E-state index contributed by atoms with van der Waals surface area (Å²) in [6, 6.07) is 0. The number of hydrogen-bond acceptors (Lipinski definition) is 2. The molecule has 4 fully saturated rings. The Hall–Kier alpha value is -0.0800. The Balaban J connectivity index is 1.94. The van der Waals surface area contributed by atoms with Gasteiger partial charge in [-0.2, -0.15) is 0 Å². The van der Waals surface area contributed by atoms with Crippen molar-refractivity contribution in [2.45, 2.75) is 12.8 Å². The van der Waals surface area contributed by atoms with Crippen LogP contribution in [0.25, 0.3) is 0 Å². The van der Waals surface area contributed by atoms with Crippen LogP contribution in [0.4, 0.5) is 0 Å². The third kappa shape index (κ3) is 0.695. The second-order valence-electron chi connectivity index (χ2n) is 4.83. The van der Waals surface area contributed by atoms with Crippen molar-refractivity contribution in [1.82, 2.24) is 4.90 Å². The van der Waals surface area contributed by atoms with Crippen molar-refractivity contribution >= 4 is 0 Å². The molecule has 3 aliphatic heterocycles. The maximum Gasteiger partial charge on any atom is 0.00505 e. The van der Waals surface area contributed by atoms with Crippen LogP contribution in [-0.2, 0) is 0 Å². The zero-order valence-electron chi connectivity index (χ0n) is 6.92. The van der Waals surface area contributed by atoms with Crippen LogP contribution in [0.3, 0.4) is 0 Å². The van der Waals surface area contributed by atoms with E-state index in [1.807, 2.05) is 0 Å². The lowest BCUT2D eigenvalue weighted by atomic mass is 9.81. The van der Waals surface area contributed by atoms with E-state index in [-0.39, 0.29) is 0 Å². The van der Waals surface area contributed by atoms with Gasteiger partial charge in [-0.3, -0.25) is 0 Å². The van der Waals surface area contributed by atoms with Gasteiger partial charge < -0.3 is 10.6 Å². The standard InChI is InChI=1S/C9H16N2/c10-5-9-1-7-3-11(6-9)4-8(7)2-9/h7-8H,1-6,10H2/t7-,8+,9?. The maximum absolute atomic E-state index is 5.83. The zero-order valence-corrected chi connectivity index (χ0v) is 6.92. The molecule has 0 spiro atoms. The molecule has 0 aromatic heterocycles. The summed E-state index contributed by atoms with van der Waals surface area (Å²) < 4.78 is 0. The lowest BCUT2D eigenvalue weighted by molar-refractivity contribution is 0.108. The van der Waals surface area contributed by atoms with Crippen LogP contribution in [-0.4, -0.2) is 31.1 Å². The lowest BCUT2D eigenvalue weighted by Gasteiger charge is -2.39. The van der Waals surface area contributed by atoms with Crippen molar-refractivity contribution in [3.05, 3.63) is 0 Å². The molecule has 2 heteroatoms. The average Bonchev–Trinajstić information content (AvgIpc) is 2.40.